The molecule has 3 aromatic carbocycles. The highest BCUT2D eigenvalue weighted by Crippen LogP contribution is 2.59. The summed E-state index contributed by atoms with van der Waals surface area (Å²) in [4.78, 5) is 81.4. The summed E-state index contributed by atoms with van der Waals surface area (Å²) in [5.74, 6) is -2.96. The molecule has 0 saturated carbocycles. The van der Waals surface area contributed by atoms with E-state index in [9.17, 15) is 42.2 Å². The molecule has 2 heterocycles. The van der Waals surface area contributed by atoms with Gasteiger partial charge in [-0.25, -0.2) is 0 Å². The highest BCUT2D eigenvalue weighted by atomic mass is 31.2. The summed E-state index contributed by atoms with van der Waals surface area (Å²) < 4.78 is 41.4. The minimum absolute atomic E-state index is 0.0112. The van der Waals surface area contributed by atoms with Gasteiger partial charge in [0.2, 0.25) is 29.5 Å². The fourth-order valence-electron chi connectivity index (χ4n) is 7.63. The third kappa shape index (κ3) is 11.1. The van der Waals surface area contributed by atoms with E-state index >= 15 is 0 Å². The van der Waals surface area contributed by atoms with Crippen LogP contribution in [-0.2, 0) is 34.2 Å². The van der Waals surface area contributed by atoms with Crippen LogP contribution in [0.1, 0.15) is 81.2 Å². The molecule has 0 radical (unpaired) electrons. The molecule has 0 aromatic heterocycles. The van der Waals surface area contributed by atoms with Gasteiger partial charge in [0.1, 0.15) is 18.1 Å². The summed E-state index contributed by atoms with van der Waals surface area (Å²) >= 11 is 0. The molecule has 0 spiro atoms. The lowest BCUT2D eigenvalue weighted by atomic mass is 9.98. The van der Waals surface area contributed by atoms with E-state index in [4.69, 9.17) is 5.73 Å². The van der Waals surface area contributed by atoms with Gasteiger partial charge in [-0.3, -0.25) is 33.4 Å². The van der Waals surface area contributed by atoms with Gasteiger partial charge in [0, 0.05) is 49.9 Å². The summed E-state index contributed by atoms with van der Waals surface area (Å²) in [6.45, 7) is 6.73. The van der Waals surface area contributed by atoms with E-state index in [0.717, 1.165) is 23.3 Å². The number of allylic oxidation sites excluding steroid dienone is 1. The highest BCUT2D eigenvalue weighted by molar-refractivity contribution is 7.58. The number of benzene rings is 3. The summed E-state index contributed by atoms with van der Waals surface area (Å²) in [5, 5.41) is 8.63. The number of nitrogens with one attached hydrogen (secondary N) is 3. The van der Waals surface area contributed by atoms with Gasteiger partial charge in [0.05, 0.1) is 6.04 Å². The van der Waals surface area contributed by atoms with Crippen molar-refractivity contribution in [2.75, 3.05) is 19.8 Å². The maximum Gasteiger partial charge on any atom is 0.346 e. The lowest BCUT2D eigenvalue weighted by molar-refractivity contribution is -0.145. The number of fused-ring (bicyclic) bond motifs is 1. The summed E-state index contributed by atoms with van der Waals surface area (Å²) in [6, 6.07) is 19.3. The van der Waals surface area contributed by atoms with E-state index in [1.54, 1.807) is 0 Å². The molecule has 2 fully saturated rings. The third-order valence-corrected chi connectivity index (χ3v) is 12.3. The molecule has 6 N–H and O–H groups in total. The number of nitrogens with two attached hydrogens (primary N) is 1. The Hall–Kier alpha value is -5.24. The van der Waals surface area contributed by atoms with Crippen LogP contribution in [0.4, 0.5) is 8.78 Å². The SMILES string of the molecule is C/C(=C\C(=O)N[C@H]1CN(C(C)C)CC[C@H]2CC[C@@H](C(=O)N[C@@H](CCC(N)=O)C(=O)NC(c3ccccc3)c3ccccc3)N2C1=O)c1cccc(C(F)(F)P(C)(=O)O)c1. The van der Waals surface area contributed by atoms with Crippen LogP contribution in [0.5, 0.6) is 0 Å². The number of primary amides is 1. The molecular weight excluding hydrogens is 781 g/mol. The number of rotatable bonds is 15. The van der Waals surface area contributed by atoms with Crippen molar-refractivity contribution in [3.05, 3.63) is 113 Å². The fourth-order valence-corrected chi connectivity index (χ4v) is 8.25. The van der Waals surface area contributed by atoms with Crippen LogP contribution in [-0.4, -0.2) is 94.2 Å². The predicted octanol–water partition coefficient (Wildman–Crippen LogP) is 4.65. The van der Waals surface area contributed by atoms with Gasteiger partial charge < -0.3 is 31.5 Å². The molecule has 0 aliphatic carbocycles. The number of halogens is 2. The predicted molar refractivity (Wildman–Crippen MR) is 220 cm³/mol. The van der Waals surface area contributed by atoms with Gasteiger partial charge in [-0.05, 0) is 74.8 Å². The minimum atomic E-state index is -4.84. The lowest BCUT2D eigenvalue weighted by Gasteiger charge is -2.40. The van der Waals surface area contributed by atoms with Gasteiger partial charge in [0.15, 0.2) is 0 Å². The molecule has 16 heteroatoms. The zero-order chi connectivity index (χ0) is 43.1. The second-order valence-electron chi connectivity index (χ2n) is 15.6. The number of alkyl halides is 2. The van der Waals surface area contributed by atoms with Gasteiger partial charge in [-0.2, -0.15) is 8.78 Å². The second kappa shape index (κ2) is 19.2. The largest absolute Gasteiger partial charge is 0.370 e. The maximum atomic E-state index is 14.7. The normalized spacial score (nSPS) is 20.6. The molecule has 0 bridgehead atoms. The molecular formula is C43H53F2N6O7P. The third-order valence-electron chi connectivity index (χ3n) is 11.0. The zero-order valence-corrected chi connectivity index (χ0v) is 34.5. The smallest absolute Gasteiger partial charge is 0.346 e. The monoisotopic (exact) mass is 834 g/mol. The Kier molecular flexibility index (Phi) is 14.6. The van der Waals surface area contributed by atoms with E-state index in [1.807, 2.05) is 74.5 Å². The first kappa shape index (κ1) is 44.9. The van der Waals surface area contributed by atoms with E-state index in [1.165, 1.54) is 30.0 Å². The number of nitrogens with zero attached hydrogens (tertiary/aromatic N) is 2. The van der Waals surface area contributed by atoms with Crippen molar-refractivity contribution >= 4 is 42.5 Å². The van der Waals surface area contributed by atoms with Crippen LogP contribution in [0.3, 0.4) is 0 Å². The van der Waals surface area contributed by atoms with Crippen LogP contribution in [0.25, 0.3) is 5.57 Å². The quantitative estimate of drug-likeness (QED) is 0.108. The minimum Gasteiger partial charge on any atom is -0.370 e. The average molecular weight is 835 g/mol. The molecule has 13 nitrogen and oxygen atoms in total. The van der Waals surface area contributed by atoms with Gasteiger partial charge in [-0.1, -0.05) is 78.9 Å². The Morgan fingerprint density at radius 2 is 1.58 bits per heavy atom. The maximum absolute atomic E-state index is 14.7. The number of hydrogen-bond acceptors (Lipinski definition) is 7. The van der Waals surface area contributed by atoms with Crippen LogP contribution in [0.15, 0.2) is 91.0 Å². The average Bonchev–Trinajstić information content (AvgIpc) is 3.62. The van der Waals surface area contributed by atoms with E-state index < -0.39 is 72.3 Å². The Morgan fingerprint density at radius 1 is 0.949 bits per heavy atom. The van der Waals surface area contributed by atoms with Crippen LogP contribution in [0.2, 0.25) is 0 Å². The Morgan fingerprint density at radius 3 is 2.15 bits per heavy atom. The highest BCUT2D eigenvalue weighted by Gasteiger charge is 2.48. The summed E-state index contributed by atoms with van der Waals surface area (Å²) in [7, 11) is -4.84. The Balaban J connectivity index is 1.37. The molecule has 1 unspecified atom stereocenters. The number of carbonyl (C=O) groups excluding carboxylic acids is 5. The molecule has 5 amide bonds. The molecule has 2 aliphatic heterocycles. The zero-order valence-electron chi connectivity index (χ0n) is 33.6. The molecule has 3 aromatic rings. The fraction of sp³-hybridized carbons (Fsp3) is 0.419. The first-order chi connectivity index (χ1) is 27.9. The van der Waals surface area contributed by atoms with Crippen molar-refractivity contribution in [1.82, 2.24) is 25.8 Å². The van der Waals surface area contributed by atoms with E-state index in [-0.39, 0.29) is 42.6 Å². The van der Waals surface area contributed by atoms with Crippen molar-refractivity contribution in [1.29, 1.82) is 0 Å². The van der Waals surface area contributed by atoms with Gasteiger partial charge >= 0.3 is 5.66 Å². The second-order valence-corrected chi connectivity index (χ2v) is 17.9. The Bertz CT molecular complexity index is 2040. The molecule has 2 aliphatic rings. The van der Waals surface area contributed by atoms with Gasteiger partial charge in [0.25, 0.3) is 7.37 Å². The number of amides is 5. The van der Waals surface area contributed by atoms with E-state index in [2.05, 4.69) is 20.9 Å². The topological polar surface area (TPSA) is 191 Å². The van der Waals surface area contributed by atoms with Gasteiger partial charge in [-0.15, -0.1) is 0 Å². The number of carbonyl (C=O) groups is 5. The summed E-state index contributed by atoms with van der Waals surface area (Å²) in [6.07, 6.45) is 2.25. The van der Waals surface area contributed by atoms with Crippen molar-refractivity contribution in [2.45, 2.75) is 94.8 Å². The first-order valence-corrected chi connectivity index (χ1v) is 21.8. The lowest BCUT2D eigenvalue weighted by Crippen LogP contribution is -2.62. The molecule has 316 valence electrons. The van der Waals surface area contributed by atoms with Crippen LogP contribution >= 0.6 is 7.37 Å². The van der Waals surface area contributed by atoms with Crippen molar-refractivity contribution < 1.29 is 42.2 Å². The molecule has 2 saturated heterocycles. The van der Waals surface area contributed by atoms with Crippen molar-refractivity contribution in [3.8, 4) is 0 Å². The molecule has 5 atom stereocenters. The van der Waals surface area contributed by atoms with E-state index in [0.29, 0.717) is 32.5 Å². The van der Waals surface area contributed by atoms with Crippen LogP contribution < -0.4 is 21.7 Å². The number of hydrogen-bond donors (Lipinski definition) is 5. The van der Waals surface area contributed by atoms with Crippen molar-refractivity contribution in [2.24, 2.45) is 5.73 Å². The standard InChI is InChI=1S/C43H53F2N6O7P/c1-27(2)50-23-22-33-18-20-36(41(55)48-34(19-21-37(46)52)40(54)49-39(29-12-7-5-8-13-29)30-14-9-6-10-15-30)51(33)42(56)35(26-50)47-38(53)24-28(3)31-16-11-17-32(25-31)43(44,45)59(4,57)58/h5-17,24-25,27,33-36,39H,18-23,26H2,1-4H3,(H2,46,52)(H,47,53)(H,48,55)(H,49,54)(H,57,58)/b28-24+/t33-,34+,35+,36+/m1/s1. The molecule has 5 rings (SSSR count). The molecule has 59 heavy (non-hydrogen) atoms. The Labute approximate surface area is 343 Å². The first-order valence-electron chi connectivity index (χ1n) is 19.7. The summed E-state index contributed by atoms with van der Waals surface area (Å²) in [5.41, 5.74) is 2.87. The van der Waals surface area contributed by atoms with Crippen LogP contribution in [0, 0.1) is 0 Å². The van der Waals surface area contributed by atoms with Crippen molar-refractivity contribution in [3.63, 3.8) is 0 Å².